The van der Waals surface area contributed by atoms with Crippen LogP contribution in [0.15, 0.2) is 77.9 Å². The molecule has 6 nitrogen and oxygen atoms in total. The van der Waals surface area contributed by atoms with Crippen LogP contribution in [0.3, 0.4) is 0 Å². The maximum absolute atomic E-state index is 13.0. The third-order valence-electron chi connectivity index (χ3n) is 4.32. The number of anilines is 1. The van der Waals surface area contributed by atoms with E-state index in [4.69, 9.17) is 4.74 Å². The minimum Gasteiger partial charge on any atom is -0.497 e. The molecule has 0 bridgehead atoms. The van der Waals surface area contributed by atoms with Crippen molar-refractivity contribution in [3.05, 3.63) is 95.3 Å². The highest BCUT2D eigenvalue weighted by atomic mass is 19.1. The summed E-state index contributed by atoms with van der Waals surface area (Å²) < 4.78 is 18.1. The van der Waals surface area contributed by atoms with E-state index in [1.165, 1.54) is 31.4 Å². The monoisotopic (exact) mass is 405 g/mol. The third kappa shape index (κ3) is 5.29. The number of hydrazone groups is 1. The molecule has 0 fully saturated rings. The number of methoxy groups -OCH3 is 1. The fraction of sp³-hybridized carbons (Fsp3) is 0.0870. The molecule has 0 aliphatic rings. The molecular weight excluding hydrogens is 385 g/mol. The molecule has 0 saturated heterocycles. The van der Waals surface area contributed by atoms with Gasteiger partial charge in [-0.05, 0) is 67.1 Å². The molecule has 2 amide bonds. The second-order valence-electron chi connectivity index (χ2n) is 6.41. The number of carbonyl (C=O) groups is 2. The van der Waals surface area contributed by atoms with E-state index in [-0.39, 0.29) is 11.8 Å². The van der Waals surface area contributed by atoms with Crippen LogP contribution in [-0.2, 0) is 0 Å². The average Bonchev–Trinajstić information content (AvgIpc) is 2.78. The summed E-state index contributed by atoms with van der Waals surface area (Å²) >= 11 is 0. The molecule has 0 radical (unpaired) electrons. The normalized spacial score (nSPS) is 11.0. The number of benzene rings is 3. The number of halogens is 1. The van der Waals surface area contributed by atoms with Gasteiger partial charge in [-0.15, -0.1) is 0 Å². The van der Waals surface area contributed by atoms with Gasteiger partial charge in [-0.1, -0.05) is 18.2 Å². The summed E-state index contributed by atoms with van der Waals surface area (Å²) in [6.45, 7) is 1.76. The van der Waals surface area contributed by atoms with E-state index in [1.807, 2.05) is 0 Å². The topological polar surface area (TPSA) is 79.8 Å². The van der Waals surface area contributed by atoms with Gasteiger partial charge in [0.1, 0.15) is 11.6 Å². The molecule has 7 heteroatoms. The van der Waals surface area contributed by atoms with Crippen LogP contribution in [-0.4, -0.2) is 24.6 Å². The van der Waals surface area contributed by atoms with Gasteiger partial charge in [0.2, 0.25) is 0 Å². The van der Waals surface area contributed by atoms with Crippen molar-refractivity contribution in [1.82, 2.24) is 5.43 Å². The molecule has 0 atom stereocenters. The second kappa shape index (κ2) is 9.47. The highest BCUT2D eigenvalue weighted by Crippen LogP contribution is 2.14. The Morgan fingerprint density at radius 1 is 0.867 bits per heavy atom. The van der Waals surface area contributed by atoms with Gasteiger partial charge in [0.25, 0.3) is 11.8 Å². The van der Waals surface area contributed by atoms with Crippen LogP contribution in [0.25, 0.3) is 0 Å². The number of carbonyl (C=O) groups excluding carboxylic acids is 2. The molecule has 3 rings (SSSR count). The maximum atomic E-state index is 13.0. The van der Waals surface area contributed by atoms with Crippen molar-refractivity contribution in [3.63, 3.8) is 0 Å². The van der Waals surface area contributed by atoms with Gasteiger partial charge in [-0.3, -0.25) is 9.59 Å². The zero-order valence-electron chi connectivity index (χ0n) is 16.5. The molecule has 3 aromatic carbocycles. The van der Waals surface area contributed by atoms with Crippen LogP contribution in [0.2, 0.25) is 0 Å². The van der Waals surface area contributed by atoms with E-state index >= 15 is 0 Å². The minimum absolute atomic E-state index is 0.335. The molecule has 0 aliphatic heterocycles. The van der Waals surface area contributed by atoms with Crippen molar-refractivity contribution in [1.29, 1.82) is 0 Å². The predicted molar refractivity (Wildman–Crippen MR) is 113 cm³/mol. The molecule has 0 aromatic heterocycles. The molecule has 30 heavy (non-hydrogen) atoms. The van der Waals surface area contributed by atoms with Crippen molar-refractivity contribution in [2.75, 3.05) is 12.4 Å². The number of ether oxygens (including phenoxy) is 1. The fourth-order valence-corrected chi connectivity index (χ4v) is 2.63. The SMILES string of the molecule is COc1cccc(C(=O)NN=C(C)c2ccc(NC(=O)c3ccc(F)cc3)cc2)c1. The summed E-state index contributed by atoms with van der Waals surface area (Å²) in [5.74, 6) is -0.499. The van der Waals surface area contributed by atoms with Gasteiger partial charge >= 0.3 is 0 Å². The summed E-state index contributed by atoms with van der Waals surface area (Å²) in [4.78, 5) is 24.4. The molecule has 0 aliphatic carbocycles. The summed E-state index contributed by atoms with van der Waals surface area (Å²) in [5, 5.41) is 6.87. The number of hydrogen-bond acceptors (Lipinski definition) is 4. The quantitative estimate of drug-likeness (QED) is 0.476. The third-order valence-corrected chi connectivity index (χ3v) is 4.32. The molecule has 0 unspecified atom stereocenters. The first-order valence-electron chi connectivity index (χ1n) is 9.12. The lowest BCUT2D eigenvalue weighted by Crippen LogP contribution is -2.19. The van der Waals surface area contributed by atoms with Crippen molar-refractivity contribution in [2.45, 2.75) is 6.92 Å². The van der Waals surface area contributed by atoms with E-state index < -0.39 is 5.82 Å². The Kier molecular flexibility index (Phi) is 6.54. The van der Waals surface area contributed by atoms with Crippen molar-refractivity contribution >= 4 is 23.2 Å². The Morgan fingerprint density at radius 3 is 2.20 bits per heavy atom. The van der Waals surface area contributed by atoms with Crippen molar-refractivity contribution < 1.29 is 18.7 Å². The lowest BCUT2D eigenvalue weighted by atomic mass is 10.1. The van der Waals surface area contributed by atoms with E-state index in [2.05, 4.69) is 15.8 Å². The highest BCUT2D eigenvalue weighted by molar-refractivity contribution is 6.05. The molecule has 0 spiro atoms. The van der Waals surface area contributed by atoms with E-state index in [9.17, 15) is 14.0 Å². The zero-order chi connectivity index (χ0) is 21.5. The number of nitrogens with one attached hydrogen (secondary N) is 2. The predicted octanol–water partition coefficient (Wildman–Crippen LogP) is 4.24. The first-order valence-corrected chi connectivity index (χ1v) is 9.12. The van der Waals surface area contributed by atoms with Crippen molar-refractivity contribution in [2.24, 2.45) is 5.10 Å². The lowest BCUT2D eigenvalue weighted by Gasteiger charge is -2.07. The smallest absolute Gasteiger partial charge is 0.271 e. The Labute approximate surface area is 173 Å². The Hall–Kier alpha value is -4.00. The van der Waals surface area contributed by atoms with E-state index in [0.717, 1.165) is 5.56 Å². The van der Waals surface area contributed by atoms with Gasteiger partial charge in [0.05, 0.1) is 12.8 Å². The lowest BCUT2D eigenvalue weighted by molar-refractivity contribution is 0.0953. The van der Waals surface area contributed by atoms with Gasteiger partial charge in [0.15, 0.2) is 0 Å². The number of hydrogen-bond donors (Lipinski definition) is 2. The number of nitrogens with zero attached hydrogens (tertiary/aromatic N) is 1. The summed E-state index contributed by atoms with van der Waals surface area (Å²) in [5.41, 5.74) is 5.27. The van der Waals surface area contributed by atoms with Gasteiger partial charge in [-0.25, -0.2) is 9.82 Å². The average molecular weight is 405 g/mol. The van der Waals surface area contributed by atoms with E-state index in [0.29, 0.717) is 28.3 Å². The Morgan fingerprint density at radius 2 is 1.53 bits per heavy atom. The van der Waals surface area contributed by atoms with Gasteiger partial charge in [-0.2, -0.15) is 5.10 Å². The van der Waals surface area contributed by atoms with Crippen LogP contribution in [0.5, 0.6) is 5.75 Å². The number of amides is 2. The van der Waals surface area contributed by atoms with Crippen LogP contribution in [0, 0.1) is 5.82 Å². The largest absolute Gasteiger partial charge is 0.497 e. The van der Waals surface area contributed by atoms with Crippen LogP contribution in [0.4, 0.5) is 10.1 Å². The number of rotatable bonds is 6. The van der Waals surface area contributed by atoms with Crippen LogP contribution >= 0.6 is 0 Å². The first-order chi connectivity index (χ1) is 14.5. The molecule has 0 saturated carbocycles. The maximum Gasteiger partial charge on any atom is 0.271 e. The van der Waals surface area contributed by atoms with Crippen LogP contribution < -0.4 is 15.5 Å². The van der Waals surface area contributed by atoms with Gasteiger partial charge in [0, 0.05) is 16.8 Å². The Bertz CT molecular complexity index is 1080. The summed E-state index contributed by atoms with van der Waals surface area (Å²) in [7, 11) is 1.53. The van der Waals surface area contributed by atoms with Crippen molar-refractivity contribution in [3.8, 4) is 5.75 Å². The molecule has 2 N–H and O–H groups in total. The Balaban J connectivity index is 1.62. The molecule has 3 aromatic rings. The first kappa shape index (κ1) is 20.7. The van der Waals surface area contributed by atoms with Gasteiger partial charge < -0.3 is 10.1 Å². The highest BCUT2D eigenvalue weighted by Gasteiger charge is 2.08. The fourth-order valence-electron chi connectivity index (χ4n) is 2.63. The second-order valence-corrected chi connectivity index (χ2v) is 6.41. The minimum atomic E-state index is -0.399. The van der Waals surface area contributed by atoms with Crippen LogP contribution in [0.1, 0.15) is 33.2 Å². The van der Waals surface area contributed by atoms with E-state index in [1.54, 1.807) is 55.5 Å². The summed E-state index contributed by atoms with van der Waals surface area (Å²) in [6, 6.07) is 19.1. The summed E-state index contributed by atoms with van der Waals surface area (Å²) in [6.07, 6.45) is 0. The standard InChI is InChI=1S/C23H20FN3O3/c1-15(26-27-23(29)18-4-3-5-21(14-18)30-2)16-8-12-20(13-9-16)25-22(28)17-6-10-19(24)11-7-17/h3-14H,1-2H3,(H,25,28)(H,27,29). The molecular formula is C23H20FN3O3. The molecule has 152 valence electrons. The zero-order valence-corrected chi connectivity index (χ0v) is 16.5. The molecule has 0 heterocycles.